The zero-order chi connectivity index (χ0) is 30.2. The van der Waals surface area contributed by atoms with Crippen LogP contribution >= 0.6 is 15.9 Å². The molecule has 1 spiro atoms. The molecule has 1 amide bonds. The molecule has 0 unspecified atom stereocenters. The standard InChI is InChI=1S/C35H46BrN3O4/c1-2-27(40)12-6-3-7-13-29(38-33(42)28-23-35(28)18-8-4-9-19-35)34-37-24-31(43-34)26-14-16-30-25(22-26)15-17-32(41)39(30)21-11-5-10-20-36/h14-17,22,24,28-29H,2-13,18-21,23H2,1H3,(H,38,42)/t28-,29+/m1/s1. The Hall–Kier alpha value is -2.74. The number of pyridine rings is 1. The van der Waals surface area contributed by atoms with E-state index in [0.717, 1.165) is 86.0 Å². The van der Waals surface area contributed by atoms with Crippen LogP contribution < -0.4 is 10.9 Å². The molecule has 2 aliphatic rings. The number of aromatic nitrogens is 2. The van der Waals surface area contributed by atoms with E-state index in [-0.39, 0.29) is 28.8 Å². The molecule has 2 aromatic heterocycles. The van der Waals surface area contributed by atoms with Crippen LogP contribution in [0.5, 0.6) is 0 Å². The third kappa shape index (κ3) is 7.86. The molecule has 0 aliphatic heterocycles. The number of fused-ring (bicyclic) bond motifs is 1. The lowest BCUT2D eigenvalue weighted by Crippen LogP contribution is -2.32. The van der Waals surface area contributed by atoms with Crippen LogP contribution in [-0.2, 0) is 16.1 Å². The van der Waals surface area contributed by atoms with Gasteiger partial charge in [-0.1, -0.05) is 61.4 Å². The second-order valence-corrected chi connectivity index (χ2v) is 13.4. The fraction of sp³-hybridized carbons (Fsp3) is 0.600. The molecular weight excluding hydrogens is 606 g/mol. The molecule has 2 atom stereocenters. The highest BCUT2D eigenvalue weighted by atomic mass is 79.9. The summed E-state index contributed by atoms with van der Waals surface area (Å²) < 4.78 is 8.18. The number of oxazole rings is 1. The molecule has 1 aromatic carbocycles. The Morgan fingerprint density at radius 1 is 1.07 bits per heavy atom. The van der Waals surface area contributed by atoms with Gasteiger partial charge in [-0.05, 0) is 80.0 Å². The average molecular weight is 653 g/mol. The van der Waals surface area contributed by atoms with Crippen LogP contribution in [0.2, 0.25) is 0 Å². The first-order chi connectivity index (χ1) is 20.9. The van der Waals surface area contributed by atoms with Crippen molar-refractivity contribution in [2.45, 2.75) is 116 Å². The predicted octanol–water partition coefficient (Wildman–Crippen LogP) is 8.28. The van der Waals surface area contributed by atoms with Gasteiger partial charge in [0.2, 0.25) is 11.8 Å². The van der Waals surface area contributed by atoms with Crippen LogP contribution in [0.3, 0.4) is 0 Å². The van der Waals surface area contributed by atoms with Gasteiger partial charge >= 0.3 is 0 Å². The van der Waals surface area contributed by atoms with E-state index in [2.05, 4.69) is 26.2 Å². The monoisotopic (exact) mass is 651 g/mol. The molecule has 0 bridgehead atoms. The topological polar surface area (TPSA) is 94.2 Å². The summed E-state index contributed by atoms with van der Waals surface area (Å²) in [6, 6.07) is 9.23. The van der Waals surface area contributed by atoms with Crippen LogP contribution in [0.15, 0.2) is 45.7 Å². The summed E-state index contributed by atoms with van der Waals surface area (Å²) in [7, 11) is 0. The Morgan fingerprint density at radius 2 is 1.88 bits per heavy atom. The van der Waals surface area contributed by atoms with Crippen LogP contribution in [0.25, 0.3) is 22.2 Å². The molecule has 3 aromatic rings. The Labute approximate surface area is 263 Å². The SMILES string of the molecule is CCC(=O)CCCCC[C@H](NC(=O)[C@H]1CC12CCCCC2)c1ncc(-c2ccc3c(ccc(=O)n3CCCCCBr)c2)o1. The molecule has 2 fully saturated rings. The number of carbonyl (C=O) groups excluding carboxylic acids is 2. The zero-order valence-corrected chi connectivity index (χ0v) is 27.1. The van der Waals surface area contributed by atoms with Crippen molar-refractivity contribution in [3.8, 4) is 11.3 Å². The number of nitrogens with one attached hydrogen (secondary N) is 1. The van der Waals surface area contributed by atoms with Gasteiger partial charge in [0.1, 0.15) is 11.8 Å². The van der Waals surface area contributed by atoms with E-state index >= 15 is 0 Å². The van der Waals surface area contributed by atoms with E-state index in [9.17, 15) is 14.4 Å². The van der Waals surface area contributed by atoms with E-state index in [1.165, 1.54) is 19.3 Å². The summed E-state index contributed by atoms with van der Waals surface area (Å²) in [6.07, 6.45) is 16.6. The number of ketones is 1. The van der Waals surface area contributed by atoms with Gasteiger partial charge in [-0.2, -0.15) is 0 Å². The lowest BCUT2D eigenvalue weighted by atomic mass is 9.84. The quantitative estimate of drug-likeness (QED) is 0.124. The third-order valence-corrected chi connectivity index (χ3v) is 10.2. The first-order valence-corrected chi connectivity index (χ1v) is 17.5. The van der Waals surface area contributed by atoms with Crippen molar-refractivity contribution in [1.29, 1.82) is 0 Å². The van der Waals surface area contributed by atoms with Gasteiger partial charge in [-0.3, -0.25) is 14.4 Å². The van der Waals surface area contributed by atoms with Crippen LogP contribution in [0.1, 0.15) is 115 Å². The largest absolute Gasteiger partial charge is 0.438 e. The Bertz CT molecular complexity index is 1450. The number of unbranched alkanes of at least 4 members (excludes halogenated alkanes) is 4. The Balaban J connectivity index is 1.30. The van der Waals surface area contributed by atoms with Gasteiger partial charge in [0.25, 0.3) is 5.56 Å². The maximum atomic E-state index is 13.4. The summed E-state index contributed by atoms with van der Waals surface area (Å²) in [4.78, 5) is 42.4. The van der Waals surface area contributed by atoms with Crippen molar-refractivity contribution in [3.05, 3.63) is 52.8 Å². The van der Waals surface area contributed by atoms with Gasteiger partial charge in [0, 0.05) is 42.3 Å². The average Bonchev–Trinajstić information content (AvgIpc) is 3.47. The van der Waals surface area contributed by atoms with E-state index in [1.807, 2.05) is 35.8 Å². The number of carbonyl (C=O) groups is 2. The van der Waals surface area contributed by atoms with Gasteiger partial charge in [0.15, 0.2) is 5.76 Å². The Kier molecular flexibility index (Phi) is 10.9. The highest BCUT2D eigenvalue weighted by molar-refractivity contribution is 9.09. The van der Waals surface area contributed by atoms with Crippen molar-refractivity contribution in [2.24, 2.45) is 11.3 Å². The molecular formula is C35H46BrN3O4. The van der Waals surface area contributed by atoms with Crippen molar-refractivity contribution < 1.29 is 14.0 Å². The van der Waals surface area contributed by atoms with E-state index in [4.69, 9.17) is 4.42 Å². The molecule has 5 rings (SSSR count). The van der Waals surface area contributed by atoms with Gasteiger partial charge in [-0.25, -0.2) is 4.98 Å². The molecule has 1 N–H and O–H groups in total. The summed E-state index contributed by atoms with van der Waals surface area (Å²) in [5.74, 6) is 1.71. The maximum absolute atomic E-state index is 13.4. The number of benzene rings is 1. The minimum absolute atomic E-state index is 0.0179. The van der Waals surface area contributed by atoms with Gasteiger partial charge in [-0.15, -0.1) is 0 Å². The predicted molar refractivity (Wildman–Crippen MR) is 174 cm³/mol. The van der Waals surface area contributed by atoms with Crippen LogP contribution in [0.4, 0.5) is 0 Å². The summed E-state index contributed by atoms with van der Waals surface area (Å²) in [5.41, 5.74) is 2.05. The second-order valence-electron chi connectivity index (χ2n) is 12.6. The highest BCUT2D eigenvalue weighted by Gasteiger charge is 2.57. The minimum Gasteiger partial charge on any atom is -0.438 e. The van der Waals surface area contributed by atoms with Crippen molar-refractivity contribution in [1.82, 2.24) is 14.9 Å². The van der Waals surface area contributed by atoms with E-state index in [1.54, 1.807) is 12.3 Å². The van der Waals surface area contributed by atoms with E-state index in [0.29, 0.717) is 36.8 Å². The molecule has 232 valence electrons. The number of nitrogens with zero attached hydrogens (tertiary/aromatic N) is 2. The van der Waals surface area contributed by atoms with Crippen LogP contribution in [0, 0.1) is 11.3 Å². The number of aryl methyl sites for hydroxylation is 1. The minimum atomic E-state index is -0.297. The lowest BCUT2D eigenvalue weighted by molar-refractivity contribution is -0.124. The smallest absolute Gasteiger partial charge is 0.251 e. The fourth-order valence-corrected chi connectivity index (χ4v) is 7.29. The number of amides is 1. The molecule has 43 heavy (non-hydrogen) atoms. The highest BCUT2D eigenvalue weighted by Crippen LogP contribution is 2.61. The molecule has 2 heterocycles. The van der Waals surface area contributed by atoms with Crippen molar-refractivity contribution in [3.63, 3.8) is 0 Å². The fourth-order valence-electron chi connectivity index (χ4n) is 6.89. The second kappa shape index (κ2) is 14.8. The third-order valence-electron chi connectivity index (χ3n) is 9.63. The molecule has 8 heteroatoms. The molecule has 0 saturated heterocycles. The number of Topliss-reactive ketones (excluding diaryl/α,β-unsaturated/α-hetero) is 1. The molecule has 7 nitrogen and oxygen atoms in total. The van der Waals surface area contributed by atoms with Crippen molar-refractivity contribution >= 4 is 38.5 Å². The number of hydrogen-bond acceptors (Lipinski definition) is 5. The molecule has 2 saturated carbocycles. The lowest BCUT2D eigenvalue weighted by Gasteiger charge is -2.23. The summed E-state index contributed by atoms with van der Waals surface area (Å²) in [6.45, 7) is 2.61. The first kappa shape index (κ1) is 31.7. The number of alkyl halides is 1. The maximum Gasteiger partial charge on any atom is 0.251 e. The zero-order valence-electron chi connectivity index (χ0n) is 25.5. The number of halogens is 1. The summed E-state index contributed by atoms with van der Waals surface area (Å²) in [5, 5.41) is 5.27. The van der Waals surface area contributed by atoms with Crippen LogP contribution in [-0.4, -0.2) is 26.6 Å². The molecule has 0 radical (unpaired) electrons. The number of hydrogen-bond donors (Lipinski definition) is 1. The first-order valence-electron chi connectivity index (χ1n) is 16.4. The molecule has 2 aliphatic carbocycles. The van der Waals surface area contributed by atoms with Gasteiger partial charge in [0.05, 0.1) is 11.7 Å². The Morgan fingerprint density at radius 3 is 2.67 bits per heavy atom. The number of rotatable bonds is 16. The summed E-state index contributed by atoms with van der Waals surface area (Å²) >= 11 is 3.48. The van der Waals surface area contributed by atoms with Gasteiger partial charge < -0.3 is 14.3 Å². The van der Waals surface area contributed by atoms with Crippen molar-refractivity contribution in [2.75, 3.05) is 5.33 Å². The van der Waals surface area contributed by atoms with E-state index < -0.39 is 0 Å². The normalized spacial score (nSPS) is 18.1.